The van der Waals surface area contributed by atoms with Crippen molar-refractivity contribution in [1.82, 2.24) is 0 Å². The zero-order chi connectivity index (χ0) is 14.7. The zero-order valence-corrected chi connectivity index (χ0v) is 14.1. The highest BCUT2D eigenvalue weighted by molar-refractivity contribution is 9.10. The van der Waals surface area contributed by atoms with Crippen LogP contribution in [0.5, 0.6) is 0 Å². The minimum Gasteiger partial charge on any atom is -0.382 e. The van der Waals surface area contributed by atoms with Gasteiger partial charge in [-0.25, -0.2) is 0 Å². The van der Waals surface area contributed by atoms with Crippen LogP contribution < -0.4 is 5.32 Å². The van der Waals surface area contributed by atoms with Gasteiger partial charge in [0.2, 0.25) is 0 Å². The Balaban J connectivity index is 1.58. The van der Waals surface area contributed by atoms with Gasteiger partial charge >= 0.3 is 0 Å². The second-order valence-electron chi connectivity index (χ2n) is 5.97. The van der Waals surface area contributed by atoms with Crippen molar-refractivity contribution < 1.29 is 0 Å². The van der Waals surface area contributed by atoms with Crippen molar-refractivity contribution in [1.29, 1.82) is 0 Å². The topological polar surface area (TPSA) is 12.0 Å². The third-order valence-corrected chi connectivity index (χ3v) is 4.90. The summed E-state index contributed by atoms with van der Waals surface area (Å²) in [6.45, 7) is 2.24. The molecule has 0 aliphatic heterocycles. The first-order valence-corrected chi connectivity index (χ1v) is 8.65. The van der Waals surface area contributed by atoms with Gasteiger partial charge in [-0.3, -0.25) is 0 Å². The van der Waals surface area contributed by atoms with E-state index in [0.29, 0.717) is 12.0 Å². The molecule has 1 N–H and O–H groups in total. The molecule has 0 unspecified atom stereocenters. The molecule has 110 valence electrons. The number of halogens is 1. The van der Waals surface area contributed by atoms with Crippen molar-refractivity contribution in [2.75, 3.05) is 5.32 Å². The third-order valence-electron chi connectivity index (χ3n) is 4.38. The Morgan fingerprint density at radius 1 is 1.05 bits per heavy atom. The van der Waals surface area contributed by atoms with Gasteiger partial charge in [0.15, 0.2) is 0 Å². The summed E-state index contributed by atoms with van der Waals surface area (Å²) in [5.74, 6) is 0.717. The highest BCUT2D eigenvalue weighted by Crippen LogP contribution is 2.39. The van der Waals surface area contributed by atoms with Crippen LogP contribution in [-0.4, -0.2) is 6.04 Å². The van der Waals surface area contributed by atoms with Gasteiger partial charge in [-0.15, -0.1) is 0 Å². The second-order valence-corrected chi connectivity index (χ2v) is 6.88. The molecular formula is C19H22BrN. The van der Waals surface area contributed by atoms with Crippen LogP contribution in [0, 0.1) is 0 Å². The molecule has 1 nitrogen and oxygen atoms in total. The maximum absolute atomic E-state index is 3.73. The average Bonchev–Trinajstić information content (AvgIpc) is 2.46. The minimum atomic E-state index is 0.622. The van der Waals surface area contributed by atoms with Gasteiger partial charge in [0.25, 0.3) is 0 Å². The summed E-state index contributed by atoms with van der Waals surface area (Å²) in [6, 6.07) is 18.1. The predicted molar refractivity (Wildman–Crippen MR) is 94.0 cm³/mol. The van der Waals surface area contributed by atoms with Crippen molar-refractivity contribution in [3.8, 4) is 0 Å². The van der Waals surface area contributed by atoms with E-state index in [2.05, 4.69) is 76.7 Å². The Kier molecular flexibility index (Phi) is 4.64. The molecule has 0 bridgehead atoms. The van der Waals surface area contributed by atoms with Gasteiger partial charge in [-0.2, -0.15) is 0 Å². The fraction of sp³-hybridized carbons (Fsp3) is 0.368. The molecular weight excluding hydrogens is 322 g/mol. The van der Waals surface area contributed by atoms with Gasteiger partial charge in [-0.05, 0) is 54.5 Å². The summed E-state index contributed by atoms with van der Waals surface area (Å²) in [4.78, 5) is 0. The zero-order valence-electron chi connectivity index (χ0n) is 12.5. The highest BCUT2D eigenvalue weighted by atomic mass is 79.9. The number of benzene rings is 2. The van der Waals surface area contributed by atoms with Crippen LogP contribution in [0.25, 0.3) is 0 Å². The lowest BCUT2D eigenvalue weighted by Crippen LogP contribution is -2.34. The molecule has 1 fully saturated rings. The van der Waals surface area contributed by atoms with Crippen LogP contribution in [0.2, 0.25) is 0 Å². The summed E-state index contributed by atoms with van der Waals surface area (Å²) in [5.41, 5.74) is 4.25. The van der Waals surface area contributed by atoms with Crippen LogP contribution >= 0.6 is 15.9 Å². The van der Waals surface area contributed by atoms with Crippen molar-refractivity contribution in [2.45, 2.75) is 44.6 Å². The first-order valence-electron chi connectivity index (χ1n) is 7.86. The molecule has 1 aliphatic rings. The average molecular weight is 344 g/mol. The summed E-state index contributed by atoms with van der Waals surface area (Å²) in [6.07, 6.45) is 4.83. The molecule has 21 heavy (non-hydrogen) atoms. The first kappa shape index (κ1) is 14.6. The quantitative estimate of drug-likeness (QED) is 0.727. The summed E-state index contributed by atoms with van der Waals surface area (Å²) in [5, 5.41) is 3.73. The molecule has 1 aliphatic carbocycles. The Labute approximate surface area is 135 Å². The number of anilines is 1. The van der Waals surface area contributed by atoms with Crippen molar-refractivity contribution in [2.24, 2.45) is 0 Å². The van der Waals surface area contributed by atoms with Gasteiger partial charge in [0, 0.05) is 16.2 Å². The highest BCUT2D eigenvalue weighted by Gasteiger charge is 2.30. The molecule has 3 rings (SSSR count). The van der Waals surface area contributed by atoms with E-state index in [1.807, 2.05) is 0 Å². The van der Waals surface area contributed by atoms with Crippen LogP contribution in [-0.2, 0) is 6.42 Å². The molecule has 2 aromatic rings. The Bertz CT molecular complexity index is 585. The number of hydrogen-bond acceptors (Lipinski definition) is 1. The largest absolute Gasteiger partial charge is 0.382 e. The van der Waals surface area contributed by atoms with Crippen LogP contribution in [0.4, 0.5) is 5.69 Å². The van der Waals surface area contributed by atoms with Crippen molar-refractivity contribution in [3.05, 3.63) is 64.1 Å². The monoisotopic (exact) mass is 343 g/mol. The molecule has 0 radical (unpaired) electrons. The SMILES string of the molecule is CCCc1ccccc1NC1CC(c2ccc(Br)cc2)C1. The summed E-state index contributed by atoms with van der Waals surface area (Å²) in [7, 11) is 0. The fourth-order valence-electron chi connectivity index (χ4n) is 3.11. The van der Waals surface area contributed by atoms with Crippen molar-refractivity contribution in [3.63, 3.8) is 0 Å². The van der Waals surface area contributed by atoms with E-state index >= 15 is 0 Å². The van der Waals surface area contributed by atoms with E-state index in [1.165, 1.54) is 36.1 Å². The molecule has 0 heterocycles. The number of para-hydroxylation sites is 1. The van der Waals surface area contributed by atoms with Crippen LogP contribution in [0.15, 0.2) is 53.0 Å². The summed E-state index contributed by atoms with van der Waals surface area (Å²) < 4.78 is 1.16. The second kappa shape index (κ2) is 6.65. The smallest absolute Gasteiger partial charge is 0.0374 e. The fourth-order valence-corrected chi connectivity index (χ4v) is 3.38. The molecule has 0 amide bonds. The number of hydrogen-bond donors (Lipinski definition) is 1. The maximum Gasteiger partial charge on any atom is 0.0374 e. The number of rotatable bonds is 5. The van der Waals surface area contributed by atoms with E-state index in [1.54, 1.807) is 0 Å². The molecule has 2 aromatic carbocycles. The van der Waals surface area contributed by atoms with Crippen molar-refractivity contribution >= 4 is 21.6 Å². The molecule has 0 aromatic heterocycles. The molecule has 1 saturated carbocycles. The van der Waals surface area contributed by atoms with Crippen LogP contribution in [0.1, 0.15) is 43.2 Å². The Morgan fingerprint density at radius 3 is 2.48 bits per heavy atom. The molecule has 0 spiro atoms. The van der Waals surface area contributed by atoms with E-state index in [0.717, 1.165) is 10.9 Å². The van der Waals surface area contributed by atoms with Crippen LogP contribution in [0.3, 0.4) is 0 Å². The van der Waals surface area contributed by atoms with Gasteiger partial charge in [0.1, 0.15) is 0 Å². The van der Waals surface area contributed by atoms with E-state index in [-0.39, 0.29) is 0 Å². The minimum absolute atomic E-state index is 0.622. The van der Waals surface area contributed by atoms with Gasteiger partial charge in [0.05, 0.1) is 0 Å². The normalized spacial score (nSPS) is 20.9. The van der Waals surface area contributed by atoms with Gasteiger partial charge < -0.3 is 5.32 Å². The Hall–Kier alpha value is -1.28. The molecule has 2 heteroatoms. The lowest BCUT2D eigenvalue weighted by atomic mass is 9.76. The number of aryl methyl sites for hydroxylation is 1. The van der Waals surface area contributed by atoms with E-state index in [4.69, 9.17) is 0 Å². The maximum atomic E-state index is 3.73. The molecule has 0 atom stereocenters. The predicted octanol–water partition coefficient (Wildman–Crippen LogP) is 5.76. The molecule has 0 saturated heterocycles. The van der Waals surface area contributed by atoms with E-state index < -0.39 is 0 Å². The first-order chi connectivity index (χ1) is 10.3. The van der Waals surface area contributed by atoms with Gasteiger partial charge in [-0.1, -0.05) is 59.6 Å². The Morgan fingerprint density at radius 2 is 1.76 bits per heavy atom. The third kappa shape index (κ3) is 3.49. The lowest BCUT2D eigenvalue weighted by Gasteiger charge is -2.37. The van der Waals surface area contributed by atoms with E-state index in [9.17, 15) is 0 Å². The number of nitrogens with one attached hydrogen (secondary N) is 1. The summed E-state index contributed by atoms with van der Waals surface area (Å²) >= 11 is 3.50. The standard InChI is InChI=1S/C19H22BrN/c1-2-5-15-6-3-4-7-19(15)21-18-12-16(13-18)14-8-10-17(20)11-9-14/h3-4,6-11,16,18,21H,2,5,12-13H2,1H3. The lowest BCUT2D eigenvalue weighted by molar-refractivity contribution is 0.374.